The first kappa shape index (κ1) is 25.2. The van der Waals surface area contributed by atoms with E-state index in [0.717, 1.165) is 49.8 Å². The van der Waals surface area contributed by atoms with E-state index in [1.54, 1.807) is 0 Å². The van der Waals surface area contributed by atoms with Gasteiger partial charge in [0.15, 0.2) is 0 Å². The Morgan fingerprint density at radius 3 is 2.37 bits per heavy atom. The molecular weight excluding hydrogens is 524 g/mol. The zero-order valence-electron chi connectivity index (χ0n) is 20.6. The summed E-state index contributed by atoms with van der Waals surface area (Å²) in [7, 11) is 1.37. The molecule has 0 unspecified atom stereocenters. The third-order valence-electron chi connectivity index (χ3n) is 6.37. The molecule has 0 spiro atoms. The summed E-state index contributed by atoms with van der Waals surface area (Å²) in [4.78, 5) is 27.7. The summed E-state index contributed by atoms with van der Waals surface area (Å²) >= 11 is 4.90. The second-order valence-electron chi connectivity index (χ2n) is 8.33. The van der Waals surface area contributed by atoms with Gasteiger partial charge in [-0.3, -0.25) is 4.79 Å². The molecule has 0 saturated carbocycles. The van der Waals surface area contributed by atoms with E-state index in [1.807, 2.05) is 49.6 Å². The summed E-state index contributed by atoms with van der Waals surface area (Å²) in [5.74, 6) is -0.690. The van der Waals surface area contributed by atoms with Gasteiger partial charge >= 0.3 is 5.97 Å². The topological polar surface area (TPSA) is 60.3 Å². The normalized spacial score (nSPS) is 11.1. The number of hydrogen-bond acceptors (Lipinski definition) is 4. The second-order valence-corrected chi connectivity index (χ2v) is 10.4. The third-order valence-corrected chi connectivity index (χ3v) is 8.15. The lowest BCUT2D eigenvalue weighted by Crippen LogP contribution is -2.19. The molecule has 0 atom stereocenters. The molecule has 2 heterocycles. The van der Waals surface area contributed by atoms with Gasteiger partial charge in [-0.05, 0) is 67.6 Å². The molecule has 0 fully saturated rings. The number of benzene rings is 2. The maximum atomic E-state index is 13.7. The van der Waals surface area contributed by atoms with Gasteiger partial charge in [0.25, 0.3) is 5.91 Å². The molecule has 2 aromatic heterocycles. The molecule has 0 bridgehead atoms. The van der Waals surface area contributed by atoms with Crippen LogP contribution in [0.25, 0.3) is 22.0 Å². The number of thiophene rings is 1. The van der Waals surface area contributed by atoms with E-state index in [1.165, 1.54) is 24.0 Å². The number of halogens is 1. The number of nitrogens with zero attached hydrogens (tertiary/aromatic N) is 1. The first-order valence-electron chi connectivity index (χ1n) is 11.8. The van der Waals surface area contributed by atoms with E-state index >= 15 is 0 Å². The van der Waals surface area contributed by atoms with Crippen molar-refractivity contribution in [2.24, 2.45) is 0 Å². The number of carbonyl (C=O) groups excluding carboxylic acids is 2. The summed E-state index contributed by atoms with van der Waals surface area (Å²) < 4.78 is 8.15. The number of aryl methyl sites for hydroxylation is 4. The Morgan fingerprint density at radius 1 is 1.06 bits per heavy atom. The zero-order valence-corrected chi connectivity index (χ0v) is 23.0. The third kappa shape index (κ3) is 4.55. The number of ether oxygens (including phenoxy) is 1. The Hall–Kier alpha value is -2.90. The number of anilines is 1. The molecule has 0 radical (unpaired) electrons. The van der Waals surface area contributed by atoms with Gasteiger partial charge in [-0.2, -0.15) is 0 Å². The monoisotopic (exact) mass is 552 g/mol. The van der Waals surface area contributed by atoms with Gasteiger partial charge in [-0.15, -0.1) is 11.3 Å². The predicted molar refractivity (Wildman–Crippen MR) is 148 cm³/mol. The van der Waals surface area contributed by atoms with E-state index in [0.29, 0.717) is 22.8 Å². The fourth-order valence-electron chi connectivity index (χ4n) is 4.61. The number of fused-ring (bicyclic) bond motifs is 1. The van der Waals surface area contributed by atoms with Crippen LogP contribution in [-0.2, 0) is 24.1 Å². The minimum absolute atomic E-state index is 0.227. The van der Waals surface area contributed by atoms with Crippen LogP contribution in [0.1, 0.15) is 57.6 Å². The van der Waals surface area contributed by atoms with E-state index in [-0.39, 0.29) is 5.91 Å². The number of esters is 1. The molecular formula is C28H29BrN2O3S. The highest BCUT2D eigenvalue weighted by atomic mass is 79.9. The SMILES string of the molecule is CCc1ccc2c(c1)c(C)c(C(=O)Nc1sc(CC)c(-c3ccc(Br)cc3)c1C(=O)OC)n2CC. The first-order chi connectivity index (χ1) is 16.8. The van der Waals surface area contributed by atoms with Crippen LogP contribution in [0.4, 0.5) is 5.00 Å². The predicted octanol–water partition coefficient (Wildman–Crippen LogP) is 7.62. The maximum absolute atomic E-state index is 13.7. The average molecular weight is 554 g/mol. The van der Waals surface area contributed by atoms with Crippen LogP contribution in [0.3, 0.4) is 0 Å². The van der Waals surface area contributed by atoms with E-state index in [4.69, 9.17) is 4.74 Å². The van der Waals surface area contributed by atoms with Crippen molar-refractivity contribution in [3.63, 3.8) is 0 Å². The number of nitrogens with one attached hydrogen (secondary N) is 1. The van der Waals surface area contributed by atoms with E-state index in [9.17, 15) is 9.59 Å². The number of amides is 1. The highest BCUT2D eigenvalue weighted by Crippen LogP contribution is 2.42. The first-order valence-corrected chi connectivity index (χ1v) is 13.4. The van der Waals surface area contributed by atoms with E-state index in [2.05, 4.69) is 46.4 Å². The van der Waals surface area contributed by atoms with Crippen LogP contribution in [0, 0.1) is 6.92 Å². The Labute approximate surface area is 218 Å². The standard InChI is InChI=1S/C28H29BrN2O3S/c1-6-17-9-14-21-20(15-17)16(4)25(31(21)8-3)26(32)30-27-24(28(33)34-5)23(22(7-2)35-27)18-10-12-19(29)13-11-18/h9-15H,6-8H2,1-5H3,(H,30,32). The quantitative estimate of drug-likeness (QED) is 0.240. The number of carbonyl (C=O) groups is 2. The lowest BCUT2D eigenvalue weighted by Gasteiger charge is -2.11. The molecule has 182 valence electrons. The number of methoxy groups -OCH3 is 1. The summed E-state index contributed by atoms with van der Waals surface area (Å²) in [6, 6.07) is 14.2. The molecule has 0 aliphatic heterocycles. The number of hydrogen-bond donors (Lipinski definition) is 1. The molecule has 0 aliphatic rings. The Bertz CT molecular complexity index is 1420. The minimum Gasteiger partial charge on any atom is -0.465 e. The van der Waals surface area contributed by atoms with Gasteiger partial charge in [0.1, 0.15) is 16.3 Å². The fourth-order valence-corrected chi connectivity index (χ4v) is 6.02. The van der Waals surface area contributed by atoms with Crippen molar-refractivity contribution in [1.29, 1.82) is 0 Å². The van der Waals surface area contributed by atoms with Crippen molar-refractivity contribution in [3.05, 3.63) is 74.2 Å². The Morgan fingerprint density at radius 2 is 1.77 bits per heavy atom. The zero-order chi connectivity index (χ0) is 25.3. The summed E-state index contributed by atoms with van der Waals surface area (Å²) in [6.07, 6.45) is 1.66. The highest BCUT2D eigenvalue weighted by Gasteiger charge is 2.28. The number of aromatic nitrogens is 1. The van der Waals surface area contributed by atoms with E-state index < -0.39 is 5.97 Å². The minimum atomic E-state index is -0.463. The van der Waals surface area contributed by atoms with Crippen LogP contribution in [0.15, 0.2) is 46.9 Å². The Balaban J connectivity index is 1.84. The summed E-state index contributed by atoms with van der Waals surface area (Å²) in [5, 5.41) is 4.67. The molecule has 35 heavy (non-hydrogen) atoms. The molecule has 2 aromatic carbocycles. The molecule has 1 amide bonds. The van der Waals surface area contributed by atoms with Crippen LogP contribution in [0.5, 0.6) is 0 Å². The molecule has 0 aliphatic carbocycles. The second kappa shape index (κ2) is 10.4. The van der Waals surface area contributed by atoms with Gasteiger partial charge in [-0.25, -0.2) is 4.79 Å². The number of rotatable bonds is 7. The van der Waals surface area contributed by atoms with Crippen LogP contribution >= 0.6 is 27.3 Å². The molecule has 5 nitrogen and oxygen atoms in total. The lowest BCUT2D eigenvalue weighted by molar-refractivity contribution is 0.0603. The lowest BCUT2D eigenvalue weighted by atomic mass is 10.00. The van der Waals surface area contributed by atoms with Crippen molar-refractivity contribution in [1.82, 2.24) is 4.57 Å². The van der Waals surface area contributed by atoms with Crippen LogP contribution in [-0.4, -0.2) is 23.6 Å². The maximum Gasteiger partial charge on any atom is 0.341 e. The molecule has 4 aromatic rings. The van der Waals surface area contributed by atoms with Gasteiger partial charge in [0.05, 0.1) is 7.11 Å². The largest absolute Gasteiger partial charge is 0.465 e. The van der Waals surface area contributed by atoms with Gasteiger partial charge < -0.3 is 14.6 Å². The molecule has 0 saturated heterocycles. The molecule has 4 rings (SSSR count). The van der Waals surface area contributed by atoms with Crippen LogP contribution in [0.2, 0.25) is 0 Å². The summed E-state index contributed by atoms with van der Waals surface area (Å²) in [5.41, 5.74) is 5.95. The Kier molecular flexibility index (Phi) is 7.47. The average Bonchev–Trinajstić information content (AvgIpc) is 3.38. The smallest absolute Gasteiger partial charge is 0.341 e. The van der Waals surface area contributed by atoms with Gasteiger partial charge in [0.2, 0.25) is 0 Å². The molecule has 1 N–H and O–H groups in total. The van der Waals surface area contributed by atoms with Gasteiger partial charge in [-0.1, -0.05) is 48.0 Å². The summed E-state index contributed by atoms with van der Waals surface area (Å²) in [6.45, 7) is 8.86. The van der Waals surface area contributed by atoms with Crippen molar-refractivity contribution in [2.45, 2.75) is 47.1 Å². The van der Waals surface area contributed by atoms with Crippen molar-refractivity contribution in [2.75, 3.05) is 12.4 Å². The highest BCUT2D eigenvalue weighted by molar-refractivity contribution is 9.10. The molecule has 7 heteroatoms. The van der Waals surface area contributed by atoms with Crippen molar-refractivity contribution < 1.29 is 14.3 Å². The van der Waals surface area contributed by atoms with Crippen molar-refractivity contribution in [3.8, 4) is 11.1 Å². The fraction of sp³-hybridized carbons (Fsp3) is 0.286. The van der Waals surface area contributed by atoms with Gasteiger partial charge in [0, 0.05) is 32.4 Å². The van der Waals surface area contributed by atoms with Crippen LogP contribution < -0.4 is 5.32 Å². The van der Waals surface area contributed by atoms with Crippen molar-refractivity contribution >= 4 is 55.0 Å².